The molecule has 0 aromatic carbocycles. The van der Waals surface area contributed by atoms with Crippen LogP contribution in [-0.2, 0) is 6.54 Å². The van der Waals surface area contributed by atoms with Crippen LogP contribution >= 0.6 is 15.9 Å². The van der Waals surface area contributed by atoms with Gasteiger partial charge in [-0.05, 0) is 25.8 Å². The van der Waals surface area contributed by atoms with Gasteiger partial charge in [-0.3, -0.25) is 4.79 Å². The minimum absolute atomic E-state index is 0.0652. The first-order valence-electron chi connectivity index (χ1n) is 7.84. The Morgan fingerprint density at radius 2 is 1.71 bits per heavy atom. The minimum Gasteiger partial charge on any atom is -0.312 e. The number of halogens is 1. The molecule has 116 valence electrons. The first-order chi connectivity index (χ1) is 10.2. The smallest absolute Gasteiger partial charge is 0.276 e. The third-order valence-corrected chi connectivity index (χ3v) is 4.32. The summed E-state index contributed by atoms with van der Waals surface area (Å²) in [5, 5.41) is 5.38. The van der Waals surface area contributed by atoms with Crippen LogP contribution in [0.2, 0.25) is 0 Å². The molecule has 0 bridgehead atoms. The second kappa shape index (κ2) is 8.37. The van der Waals surface area contributed by atoms with Gasteiger partial charge in [0.05, 0.1) is 5.69 Å². The van der Waals surface area contributed by atoms with E-state index in [1.54, 1.807) is 9.08 Å². The second-order valence-electron chi connectivity index (χ2n) is 5.58. The van der Waals surface area contributed by atoms with Crippen LogP contribution in [-0.4, -0.2) is 19.5 Å². The third kappa shape index (κ3) is 4.70. The lowest BCUT2D eigenvalue weighted by Crippen LogP contribution is -2.21. The van der Waals surface area contributed by atoms with Crippen molar-refractivity contribution in [2.45, 2.75) is 58.4 Å². The Bertz CT molecular complexity index is 617. The molecule has 2 heterocycles. The van der Waals surface area contributed by atoms with Gasteiger partial charge in [-0.2, -0.15) is 5.10 Å². The second-order valence-corrected chi connectivity index (χ2v) is 6.37. The molecular weight excluding hydrogens is 330 g/mol. The zero-order chi connectivity index (χ0) is 15.1. The first kappa shape index (κ1) is 16.3. The maximum absolute atomic E-state index is 12.3. The SMILES string of the molecule is Cc1cc2c(=O)n(CCCCCCCCCBr)ccn2n1. The molecule has 0 N–H and O–H groups in total. The van der Waals surface area contributed by atoms with Crippen molar-refractivity contribution in [3.63, 3.8) is 0 Å². The van der Waals surface area contributed by atoms with Gasteiger partial charge >= 0.3 is 0 Å². The van der Waals surface area contributed by atoms with Gasteiger partial charge in [0, 0.05) is 24.3 Å². The van der Waals surface area contributed by atoms with Crippen molar-refractivity contribution in [2.24, 2.45) is 0 Å². The maximum Gasteiger partial charge on any atom is 0.276 e. The van der Waals surface area contributed by atoms with E-state index >= 15 is 0 Å². The highest BCUT2D eigenvalue weighted by molar-refractivity contribution is 9.09. The highest BCUT2D eigenvalue weighted by Gasteiger charge is 2.04. The van der Waals surface area contributed by atoms with Crippen molar-refractivity contribution in [3.05, 3.63) is 34.5 Å². The van der Waals surface area contributed by atoms with Gasteiger partial charge in [0.15, 0.2) is 0 Å². The molecule has 0 saturated heterocycles. The summed E-state index contributed by atoms with van der Waals surface area (Å²) >= 11 is 3.46. The van der Waals surface area contributed by atoms with Crippen LogP contribution in [0.5, 0.6) is 0 Å². The molecule has 2 aromatic rings. The van der Waals surface area contributed by atoms with Gasteiger partial charge in [-0.25, -0.2) is 4.52 Å². The van der Waals surface area contributed by atoms with E-state index in [0.29, 0.717) is 5.52 Å². The summed E-state index contributed by atoms with van der Waals surface area (Å²) < 4.78 is 3.47. The van der Waals surface area contributed by atoms with Crippen molar-refractivity contribution in [1.82, 2.24) is 14.2 Å². The average molecular weight is 354 g/mol. The number of rotatable bonds is 9. The summed E-state index contributed by atoms with van der Waals surface area (Å²) in [5.74, 6) is 0. The molecule has 0 saturated carbocycles. The predicted octanol–water partition coefficient (Wildman–Crippen LogP) is 3.93. The zero-order valence-corrected chi connectivity index (χ0v) is 14.3. The molecule has 4 nitrogen and oxygen atoms in total. The number of fused-ring (bicyclic) bond motifs is 1. The molecule has 0 fully saturated rings. The molecular formula is C16H24BrN3O. The summed E-state index contributed by atoms with van der Waals surface area (Å²) in [6.45, 7) is 2.72. The minimum atomic E-state index is 0.0652. The summed E-state index contributed by atoms with van der Waals surface area (Å²) in [6.07, 6.45) is 12.5. The van der Waals surface area contributed by atoms with Gasteiger partial charge < -0.3 is 4.57 Å². The van der Waals surface area contributed by atoms with Crippen LogP contribution in [0.3, 0.4) is 0 Å². The number of alkyl halides is 1. The summed E-state index contributed by atoms with van der Waals surface area (Å²) in [7, 11) is 0. The van der Waals surface area contributed by atoms with Gasteiger partial charge in [0.1, 0.15) is 5.52 Å². The van der Waals surface area contributed by atoms with Crippen LogP contribution in [0.15, 0.2) is 23.3 Å². The largest absolute Gasteiger partial charge is 0.312 e. The summed E-state index contributed by atoms with van der Waals surface area (Å²) in [5.41, 5.74) is 1.62. The molecule has 2 aromatic heterocycles. The Kier molecular flexibility index (Phi) is 6.49. The van der Waals surface area contributed by atoms with Crippen LogP contribution in [0.25, 0.3) is 5.52 Å². The van der Waals surface area contributed by atoms with E-state index in [9.17, 15) is 4.79 Å². The molecule has 0 atom stereocenters. The third-order valence-electron chi connectivity index (χ3n) is 3.76. The number of nitrogens with zero attached hydrogens (tertiary/aromatic N) is 3. The van der Waals surface area contributed by atoms with E-state index in [2.05, 4.69) is 21.0 Å². The number of aromatic nitrogens is 3. The Hall–Kier alpha value is -1.10. The number of unbranched alkanes of at least 4 members (excludes halogenated alkanes) is 6. The fraction of sp³-hybridized carbons (Fsp3) is 0.625. The Labute approximate surface area is 134 Å². The summed E-state index contributed by atoms with van der Waals surface area (Å²) in [4.78, 5) is 12.3. The van der Waals surface area contributed by atoms with Gasteiger partial charge in [0.2, 0.25) is 0 Å². The number of hydrogen-bond donors (Lipinski definition) is 0. The fourth-order valence-electron chi connectivity index (χ4n) is 2.59. The summed E-state index contributed by atoms with van der Waals surface area (Å²) in [6, 6.07) is 1.85. The molecule has 0 aliphatic rings. The molecule has 5 heteroatoms. The highest BCUT2D eigenvalue weighted by Crippen LogP contribution is 2.09. The molecule has 0 spiro atoms. The molecule has 0 radical (unpaired) electrons. The van der Waals surface area contributed by atoms with Crippen LogP contribution in [0, 0.1) is 6.92 Å². The van der Waals surface area contributed by atoms with Crippen LogP contribution < -0.4 is 5.56 Å². The van der Waals surface area contributed by atoms with E-state index in [4.69, 9.17) is 0 Å². The van der Waals surface area contributed by atoms with Crippen molar-refractivity contribution in [1.29, 1.82) is 0 Å². The Morgan fingerprint density at radius 3 is 2.43 bits per heavy atom. The topological polar surface area (TPSA) is 39.3 Å². The van der Waals surface area contributed by atoms with Crippen LogP contribution in [0.4, 0.5) is 0 Å². The number of aryl methyl sites for hydroxylation is 2. The van der Waals surface area contributed by atoms with Gasteiger partial charge in [0.25, 0.3) is 5.56 Å². The van der Waals surface area contributed by atoms with Crippen molar-refractivity contribution >= 4 is 21.4 Å². The molecule has 0 aliphatic carbocycles. The lowest BCUT2D eigenvalue weighted by Gasteiger charge is -2.06. The normalized spacial score (nSPS) is 11.3. The fourth-order valence-corrected chi connectivity index (χ4v) is 2.98. The number of hydrogen-bond acceptors (Lipinski definition) is 2. The van der Waals surface area contributed by atoms with Crippen molar-refractivity contribution in [3.8, 4) is 0 Å². The van der Waals surface area contributed by atoms with Crippen molar-refractivity contribution in [2.75, 3.05) is 5.33 Å². The first-order valence-corrected chi connectivity index (χ1v) is 8.96. The van der Waals surface area contributed by atoms with E-state index in [0.717, 1.165) is 24.0 Å². The van der Waals surface area contributed by atoms with E-state index in [1.165, 1.54) is 38.5 Å². The van der Waals surface area contributed by atoms with Crippen LogP contribution in [0.1, 0.15) is 50.6 Å². The van der Waals surface area contributed by atoms with E-state index < -0.39 is 0 Å². The molecule has 21 heavy (non-hydrogen) atoms. The molecule has 2 rings (SSSR count). The quantitative estimate of drug-likeness (QED) is 0.506. The average Bonchev–Trinajstić information content (AvgIpc) is 2.85. The monoisotopic (exact) mass is 353 g/mol. The van der Waals surface area contributed by atoms with Gasteiger partial charge in [-0.1, -0.05) is 48.0 Å². The van der Waals surface area contributed by atoms with E-state index in [-0.39, 0.29) is 5.56 Å². The Morgan fingerprint density at radius 1 is 1.05 bits per heavy atom. The van der Waals surface area contributed by atoms with E-state index in [1.807, 2.05) is 25.4 Å². The predicted molar refractivity (Wildman–Crippen MR) is 90.3 cm³/mol. The molecule has 0 unspecified atom stereocenters. The van der Waals surface area contributed by atoms with Crippen molar-refractivity contribution < 1.29 is 0 Å². The molecule has 0 amide bonds. The lowest BCUT2D eigenvalue weighted by molar-refractivity contribution is 0.542. The standard InChI is InChI=1S/C16H24BrN3O/c1-14-13-15-16(21)19(11-12-20(15)18-14)10-8-6-4-2-3-5-7-9-17/h11-13H,2-10H2,1H3. The zero-order valence-electron chi connectivity index (χ0n) is 12.7. The highest BCUT2D eigenvalue weighted by atomic mass is 79.9. The molecule has 0 aliphatic heterocycles. The van der Waals surface area contributed by atoms with Gasteiger partial charge in [-0.15, -0.1) is 0 Å². The Balaban J connectivity index is 1.76. The lowest BCUT2D eigenvalue weighted by atomic mass is 10.1. The maximum atomic E-state index is 12.3.